The van der Waals surface area contributed by atoms with Crippen LogP contribution >= 0.6 is 15.9 Å². The molecule has 0 spiro atoms. The lowest BCUT2D eigenvalue weighted by Gasteiger charge is -2.24. The van der Waals surface area contributed by atoms with Gasteiger partial charge in [-0.3, -0.25) is 4.79 Å². The van der Waals surface area contributed by atoms with Gasteiger partial charge in [-0.05, 0) is 43.7 Å². The van der Waals surface area contributed by atoms with Crippen LogP contribution < -0.4 is 5.32 Å². The molecule has 0 atom stereocenters. The molecule has 3 nitrogen and oxygen atoms in total. The van der Waals surface area contributed by atoms with E-state index in [-0.39, 0.29) is 5.91 Å². The third-order valence-electron chi connectivity index (χ3n) is 3.12. The van der Waals surface area contributed by atoms with E-state index in [4.69, 9.17) is 4.74 Å². The van der Waals surface area contributed by atoms with Crippen LogP contribution in [-0.2, 0) is 9.53 Å². The summed E-state index contributed by atoms with van der Waals surface area (Å²) >= 11 is 3.37. The first-order valence-corrected chi connectivity index (χ1v) is 8.51. The third-order valence-corrected chi connectivity index (χ3v) is 3.64. The standard InChI is InChI=1S/C17H22BrNO2.C2H6/c1-12(10-13(2)21-5)11-17(3,4)16(20)19-15-8-6-14(18)7-9-15;1-2/h6-10H,1,11H2,2-5H3,(H,19,20);1-2H3/b13-10+;. The van der Waals surface area contributed by atoms with Gasteiger partial charge in [-0.1, -0.05) is 55.8 Å². The second kappa shape index (κ2) is 10.3. The van der Waals surface area contributed by atoms with E-state index in [0.717, 1.165) is 21.5 Å². The second-order valence-electron chi connectivity index (χ2n) is 5.64. The summed E-state index contributed by atoms with van der Waals surface area (Å²) in [6.07, 6.45) is 2.42. The number of nitrogens with one attached hydrogen (secondary N) is 1. The van der Waals surface area contributed by atoms with Crippen LogP contribution in [0, 0.1) is 5.41 Å². The number of halogens is 1. The number of methoxy groups -OCH3 is 1. The highest BCUT2D eigenvalue weighted by Gasteiger charge is 2.28. The van der Waals surface area contributed by atoms with Crippen molar-refractivity contribution in [2.45, 2.75) is 41.0 Å². The molecule has 1 N–H and O–H groups in total. The van der Waals surface area contributed by atoms with Crippen LogP contribution in [0.4, 0.5) is 5.69 Å². The van der Waals surface area contributed by atoms with Crippen LogP contribution in [0.1, 0.15) is 41.0 Å². The smallest absolute Gasteiger partial charge is 0.230 e. The third kappa shape index (κ3) is 8.03. The van der Waals surface area contributed by atoms with E-state index in [1.807, 2.05) is 65.0 Å². The number of allylic oxidation sites excluding steroid dienone is 3. The Hall–Kier alpha value is -1.55. The van der Waals surface area contributed by atoms with E-state index in [9.17, 15) is 4.79 Å². The van der Waals surface area contributed by atoms with Gasteiger partial charge in [0.25, 0.3) is 0 Å². The summed E-state index contributed by atoms with van der Waals surface area (Å²) in [6, 6.07) is 7.52. The molecule has 23 heavy (non-hydrogen) atoms. The number of carbonyl (C=O) groups excluding carboxylic acids is 1. The molecule has 0 aliphatic carbocycles. The second-order valence-corrected chi connectivity index (χ2v) is 6.55. The minimum absolute atomic E-state index is 0.0329. The molecule has 0 fully saturated rings. The summed E-state index contributed by atoms with van der Waals surface area (Å²) in [5, 5.41) is 2.93. The monoisotopic (exact) mass is 381 g/mol. The van der Waals surface area contributed by atoms with Crippen molar-refractivity contribution in [3.8, 4) is 0 Å². The maximum absolute atomic E-state index is 12.4. The number of rotatable bonds is 6. The molecule has 1 rings (SSSR count). The van der Waals surface area contributed by atoms with Crippen molar-refractivity contribution >= 4 is 27.5 Å². The number of hydrogen-bond donors (Lipinski definition) is 1. The van der Waals surface area contributed by atoms with E-state index in [1.54, 1.807) is 7.11 Å². The summed E-state index contributed by atoms with van der Waals surface area (Å²) in [5.74, 6) is 0.749. The average Bonchev–Trinajstić information content (AvgIpc) is 2.50. The number of benzene rings is 1. The Morgan fingerprint density at radius 2 is 1.83 bits per heavy atom. The normalized spacial score (nSPS) is 11.2. The number of hydrogen-bond acceptors (Lipinski definition) is 2. The summed E-state index contributed by atoms with van der Waals surface area (Å²) < 4.78 is 6.08. The molecule has 0 aliphatic rings. The lowest BCUT2D eigenvalue weighted by molar-refractivity contribution is -0.123. The van der Waals surface area contributed by atoms with Crippen LogP contribution in [0.25, 0.3) is 0 Å². The number of carbonyl (C=O) groups is 1. The Morgan fingerprint density at radius 3 is 2.30 bits per heavy atom. The first kappa shape index (κ1) is 21.4. The zero-order chi connectivity index (χ0) is 18.0. The first-order chi connectivity index (χ1) is 10.7. The molecule has 0 saturated carbocycles. The highest BCUT2D eigenvalue weighted by molar-refractivity contribution is 9.10. The largest absolute Gasteiger partial charge is 0.501 e. The molecule has 0 bridgehead atoms. The molecule has 0 heterocycles. The predicted octanol–water partition coefficient (Wildman–Crippen LogP) is 5.94. The van der Waals surface area contributed by atoms with E-state index in [1.165, 1.54) is 0 Å². The van der Waals surface area contributed by atoms with Gasteiger partial charge in [0.1, 0.15) is 0 Å². The minimum atomic E-state index is -0.547. The minimum Gasteiger partial charge on any atom is -0.501 e. The van der Waals surface area contributed by atoms with Gasteiger partial charge < -0.3 is 10.1 Å². The SMILES string of the molecule is C=C(/C=C(\C)OC)CC(C)(C)C(=O)Nc1ccc(Br)cc1.CC. The summed E-state index contributed by atoms with van der Waals surface area (Å²) in [4.78, 5) is 12.4. The van der Waals surface area contributed by atoms with Crippen LogP contribution in [0.5, 0.6) is 0 Å². The van der Waals surface area contributed by atoms with E-state index in [2.05, 4.69) is 27.8 Å². The molecule has 1 aromatic rings. The Balaban J connectivity index is 0.00000232. The summed E-state index contributed by atoms with van der Waals surface area (Å²) in [5.41, 5.74) is 1.10. The van der Waals surface area contributed by atoms with Crippen molar-refractivity contribution in [3.63, 3.8) is 0 Å². The van der Waals surface area contributed by atoms with Crippen LogP contribution in [0.3, 0.4) is 0 Å². The fraction of sp³-hybridized carbons (Fsp3) is 0.421. The Morgan fingerprint density at radius 1 is 1.30 bits per heavy atom. The predicted molar refractivity (Wildman–Crippen MR) is 102 cm³/mol. The maximum atomic E-state index is 12.4. The quantitative estimate of drug-likeness (QED) is 0.489. The Labute approximate surface area is 148 Å². The molecule has 4 heteroatoms. The fourth-order valence-corrected chi connectivity index (χ4v) is 2.14. The van der Waals surface area contributed by atoms with Crippen molar-refractivity contribution < 1.29 is 9.53 Å². The number of amides is 1. The van der Waals surface area contributed by atoms with Crippen LogP contribution in [-0.4, -0.2) is 13.0 Å². The lowest BCUT2D eigenvalue weighted by Crippen LogP contribution is -2.31. The van der Waals surface area contributed by atoms with Gasteiger partial charge in [0, 0.05) is 15.6 Å². The van der Waals surface area contributed by atoms with Crippen LogP contribution in [0.2, 0.25) is 0 Å². The van der Waals surface area contributed by atoms with Crippen molar-refractivity contribution in [3.05, 3.63) is 52.7 Å². The molecule has 0 radical (unpaired) electrons. The Bertz CT molecular complexity index is 545. The lowest BCUT2D eigenvalue weighted by atomic mass is 9.84. The van der Waals surface area contributed by atoms with E-state index < -0.39 is 5.41 Å². The molecule has 0 saturated heterocycles. The van der Waals surface area contributed by atoms with Crippen LogP contribution in [0.15, 0.2) is 52.7 Å². The summed E-state index contributed by atoms with van der Waals surface area (Å²) in [7, 11) is 1.62. The van der Waals surface area contributed by atoms with Crippen molar-refractivity contribution in [1.82, 2.24) is 0 Å². The van der Waals surface area contributed by atoms with Gasteiger partial charge in [-0.2, -0.15) is 0 Å². The molecule has 1 aromatic carbocycles. The number of anilines is 1. The highest BCUT2D eigenvalue weighted by atomic mass is 79.9. The molecular formula is C19H28BrNO2. The molecule has 0 unspecified atom stereocenters. The average molecular weight is 382 g/mol. The molecule has 0 aromatic heterocycles. The van der Waals surface area contributed by atoms with Crippen molar-refractivity contribution in [2.24, 2.45) is 5.41 Å². The van der Waals surface area contributed by atoms with Gasteiger partial charge >= 0.3 is 0 Å². The van der Waals surface area contributed by atoms with Crippen molar-refractivity contribution in [1.29, 1.82) is 0 Å². The molecule has 1 amide bonds. The molecular weight excluding hydrogens is 354 g/mol. The van der Waals surface area contributed by atoms with Gasteiger partial charge in [0.2, 0.25) is 5.91 Å². The van der Waals surface area contributed by atoms with Gasteiger partial charge in [-0.15, -0.1) is 0 Å². The van der Waals surface area contributed by atoms with Crippen molar-refractivity contribution in [2.75, 3.05) is 12.4 Å². The molecule has 0 aliphatic heterocycles. The van der Waals surface area contributed by atoms with Gasteiger partial charge in [0.15, 0.2) is 0 Å². The van der Waals surface area contributed by atoms with E-state index in [0.29, 0.717) is 6.42 Å². The number of ether oxygens (including phenoxy) is 1. The highest BCUT2D eigenvalue weighted by Crippen LogP contribution is 2.28. The van der Waals surface area contributed by atoms with Gasteiger partial charge in [-0.25, -0.2) is 0 Å². The molecule has 128 valence electrons. The first-order valence-electron chi connectivity index (χ1n) is 7.71. The van der Waals surface area contributed by atoms with E-state index >= 15 is 0 Å². The fourth-order valence-electron chi connectivity index (χ4n) is 1.88. The zero-order valence-electron chi connectivity index (χ0n) is 15.0. The summed E-state index contributed by atoms with van der Waals surface area (Å²) in [6.45, 7) is 13.7. The topological polar surface area (TPSA) is 38.3 Å². The Kier molecular flexibility index (Phi) is 9.58. The maximum Gasteiger partial charge on any atom is 0.230 e. The van der Waals surface area contributed by atoms with Gasteiger partial charge in [0.05, 0.1) is 12.9 Å². The zero-order valence-corrected chi connectivity index (χ0v) is 16.6.